The predicted molar refractivity (Wildman–Crippen MR) is 54.0 cm³/mol. The first-order valence-electron chi connectivity index (χ1n) is 4.28. The molecule has 0 unspecified atom stereocenters. The molecule has 4 nitrogen and oxygen atoms in total. The van der Waals surface area contributed by atoms with Crippen molar-refractivity contribution < 1.29 is 9.90 Å². The second-order valence-corrected chi connectivity index (χ2v) is 2.84. The van der Waals surface area contributed by atoms with Gasteiger partial charge in [0.15, 0.2) is 0 Å². The SMILES string of the molecule is NN=C(CCC(=O)O)c1ccccc1. The Morgan fingerprint density at radius 2 is 1.93 bits per heavy atom. The van der Waals surface area contributed by atoms with Crippen molar-refractivity contribution >= 4 is 11.7 Å². The van der Waals surface area contributed by atoms with E-state index in [1.165, 1.54) is 0 Å². The summed E-state index contributed by atoms with van der Waals surface area (Å²) < 4.78 is 0. The average Bonchev–Trinajstić information content (AvgIpc) is 2.20. The highest BCUT2D eigenvalue weighted by Crippen LogP contribution is 2.05. The van der Waals surface area contributed by atoms with E-state index in [4.69, 9.17) is 10.9 Å². The fourth-order valence-corrected chi connectivity index (χ4v) is 1.14. The molecule has 0 saturated heterocycles. The molecule has 0 saturated carbocycles. The van der Waals surface area contributed by atoms with Crippen LogP contribution in [0.4, 0.5) is 0 Å². The molecule has 0 atom stereocenters. The van der Waals surface area contributed by atoms with Gasteiger partial charge >= 0.3 is 5.97 Å². The van der Waals surface area contributed by atoms with Crippen LogP contribution < -0.4 is 5.84 Å². The Kier molecular flexibility index (Phi) is 3.67. The first-order chi connectivity index (χ1) is 6.74. The van der Waals surface area contributed by atoms with Crippen LogP contribution in [0, 0.1) is 0 Å². The van der Waals surface area contributed by atoms with Gasteiger partial charge in [0.1, 0.15) is 0 Å². The summed E-state index contributed by atoms with van der Waals surface area (Å²) >= 11 is 0. The average molecular weight is 192 g/mol. The van der Waals surface area contributed by atoms with Crippen LogP contribution in [0.1, 0.15) is 18.4 Å². The number of carboxylic acids is 1. The smallest absolute Gasteiger partial charge is 0.303 e. The summed E-state index contributed by atoms with van der Waals surface area (Å²) in [5, 5.41) is 12.1. The van der Waals surface area contributed by atoms with E-state index in [1.54, 1.807) is 0 Å². The fourth-order valence-electron chi connectivity index (χ4n) is 1.14. The topological polar surface area (TPSA) is 75.7 Å². The zero-order valence-corrected chi connectivity index (χ0v) is 7.68. The first-order valence-corrected chi connectivity index (χ1v) is 4.28. The molecule has 0 aliphatic heterocycles. The fraction of sp³-hybridized carbons (Fsp3) is 0.200. The van der Waals surface area contributed by atoms with Gasteiger partial charge in [0.2, 0.25) is 0 Å². The molecule has 0 fully saturated rings. The molecule has 14 heavy (non-hydrogen) atoms. The molecular weight excluding hydrogens is 180 g/mol. The summed E-state index contributed by atoms with van der Waals surface area (Å²) in [5.74, 6) is 4.34. The van der Waals surface area contributed by atoms with Crippen molar-refractivity contribution in [2.45, 2.75) is 12.8 Å². The van der Waals surface area contributed by atoms with Gasteiger partial charge in [-0.2, -0.15) is 5.10 Å². The maximum atomic E-state index is 10.4. The molecule has 0 spiro atoms. The molecule has 74 valence electrons. The van der Waals surface area contributed by atoms with E-state index in [1.807, 2.05) is 30.3 Å². The molecule has 0 bridgehead atoms. The van der Waals surface area contributed by atoms with Gasteiger partial charge in [-0.15, -0.1) is 0 Å². The molecule has 0 radical (unpaired) electrons. The van der Waals surface area contributed by atoms with Gasteiger partial charge in [0.25, 0.3) is 0 Å². The maximum Gasteiger partial charge on any atom is 0.303 e. The number of nitrogens with zero attached hydrogens (tertiary/aromatic N) is 1. The quantitative estimate of drug-likeness (QED) is 0.427. The van der Waals surface area contributed by atoms with Crippen LogP contribution in [-0.2, 0) is 4.79 Å². The van der Waals surface area contributed by atoms with Gasteiger partial charge in [-0.25, -0.2) is 0 Å². The summed E-state index contributed by atoms with van der Waals surface area (Å²) in [6, 6.07) is 9.32. The van der Waals surface area contributed by atoms with Crippen molar-refractivity contribution in [2.75, 3.05) is 0 Å². The zero-order chi connectivity index (χ0) is 10.4. The molecule has 0 aromatic heterocycles. The van der Waals surface area contributed by atoms with Crippen molar-refractivity contribution in [3.8, 4) is 0 Å². The van der Waals surface area contributed by atoms with E-state index >= 15 is 0 Å². The number of rotatable bonds is 4. The highest BCUT2D eigenvalue weighted by Gasteiger charge is 2.05. The van der Waals surface area contributed by atoms with Crippen molar-refractivity contribution in [3.63, 3.8) is 0 Å². The lowest BCUT2D eigenvalue weighted by atomic mass is 10.1. The normalized spacial score (nSPS) is 11.3. The van der Waals surface area contributed by atoms with Crippen molar-refractivity contribution in [3.05, 3.63) is 35.9 Å². The molecule has 4 heteroatoms. The third kappa shape index (κ3) is 2.90. The maximum absolute atomic E-state index is 10.4. The van der Waals surface area contributed by atoms with Crippen LogP contribution in [-0.4, -0.2) is 16.8 Å². The zero-order valence-electron chi connectivity index (χ0n) is 7.68. The van der Waals surface area contributed by atoms with Gasteiger partial charge in [-0.3, -0.25) is 4.79 Å². The Labute approximate surface area is 82.1 Å². The molecule has 3 N–H and O–H groups in total. The molecular formula is C10H12N2O2. The molecule has 0 aliphatic carbocycles. The number of benzene rings is 1. The number of hydrazone groups is 1. The minimum absolute atomic E-state index is 0.0466. The van der Waals surface area contributed by atoms with E-state index in [9.17, 15) is 4.79 Å². The van der Waals surface area contributed by atoms with Crippen LogP contribution in [0.15, 0.2) is 35.4 Å². The monoisotopic (exact) mass is 192 g/mol. The highest BCUT2D eigenvalue weighted by atomic mass is 16.4. The molecule has 0 heterocycles. The number of aliphatic carboxylic acids is 1. The Morgan fingerprint density at radius 3 is 2.43 bits per heavy atom. The summed E-state index contributed by atoms with van der Waals surface area (Å²) in [6.45, 7) is 0. The Bertz CT molecular complexity index is 333. The van der Waals surface area contributed by atoms with Gasteiger partial charge in [0, 0.05) is 6.42 Å². The standard InChI is InChI=1S/C10H12N2O2/c11-12-9(6-7-10(13)14)8-4-2-1-3-5-8/h1-5H,6-7,11H2,(H,13,14). The molecule has 1 aromatic rings. The Balaban J connectivity index is 2.69. The van der Waals surface area contributed by atoms with Gasteiger partial charge in [-0.1, -0.05) is 30.3 Å². The lowest BCUT2D eigenvalue weighted by Gasteiger charge is -2.02. The summed E-state index contributed by atoms with van der Waals surface area (Å²) in [4.78, 5) is 10.4. The van der Waals surface area contributed by atoms with E-state index in [-0.39, 0.29) is 6.42 Å². The van der Waals surface area contributed by atoms with Crippen LogP contribution >= 0.6 is 0 Å². The van der Waals surface area contributed by atoms with Crippen molar-refractivity contribution in [1.82, 2.24) is 0 Å². The molecule has 1 aromatic carbocycles. The van der Waals surface area contributed by atoms with E-state index in [0.717, 1.165) is 5.56 Å². The molecule has 0 amide bonds. The third-order valence-corrected chi connectivity index (χ3v) is 1.84. The Morgan fingerprint density at radius 1 is 1.29 bits per heavy atom. The number of hydrogen-bond donors (Lipinski definition) is 2. The lowest BCUT2D eigenvalue weighted by Crippen LogP contribution is -2.07. The van der Waals surface area contributed by atoms with Gasteiger partial charge < -0.3 is 10.9 Å². The Hall–Kier alpha value is -1.84. The van der Waals surface area contributed by atoms with Crippen LogP contribution in [0.3, 0.4) is 0 Å². The van der Waals surface area contributed by atoms with Crippen LogP contribution in [0.25, 0.3) is 0 Å². The minimum atomic E-state index is -0.845. The van der Waals surface area contributed by atoms with Gasteiger partial charge in [0.05, 0.1) is 12.1 Å². The number of nitrogens with two attached hydrogens (primary N) is 1. The lowest BCUT2D eigenvalue weighted by molar-refractivity contribution is -0.136. The summed E-state index contributed by atoms with van der Waals surface area (Å²) in [5.41, 5.74) is 1.49. The van der Waals surface area contributed by atoms with E-state index in [0.29, 0.717) is 12.1 Å². The largest absolute Gasteiger partial charge is 0.481 e. The predicted octanol–water partition coefficient (Wildman–Crippen LogP) is 1.21. The summed E-state index contributed by atoms with van der Waals surface area (Å²) in [7, 11) is 0. The highest BCUT2D eigenvalue weighted by molar-refractivity contribution is 6.01. The first kappa shape index (κ1) is 10.2. The van der Waals surface area contributed by atoms with Gasteiger partial charge in [-0.05, 0) is 5.56 Å². The second kappa shape index (κ2) is 5.01. The van der Waals surface area contributed by atoms with Crippen LogP contribution in [0.2, 0.25) is 0 Å². The minimum Gasteiger partial charge on any atom is -0.481 e. The molecule has 1 rings (SSSR count). The van der Waals surface area contributed by atoms with Crippen LogP contribution in [0.5, 0.6) is 0 Å². The summed E-state index contributed by atoms with van der Waals surface area (Å²) in [6.07, 6.45) is 0.404. The van der Waals surface area contributed by atoms with Crippen molar-refractivity contribution in [1.29, 1.82) is 0 Å². The third-order valence-electron chi connectivity index (χ3n) is 1.84. The number of carboxylic acid groups (broad SMARTS) is 1. The van der Waals surface area contributed by atoms with E-state index < -0.39 is 5.97 Å². The molecule has 0 aliphatic rings. The number of hydrogen-bond acceptors (Lipinski definition) is 3. The second-order valence-electron chi connectivity index (χ2n) is 2.84. The van der Waals surface area contributed by atoms with E-state index in [2.05, 4.69) is 5.10 Å². The number of carbonyl (C=O) groups is 1. The van der Waals surface area contributed by atoms with Crippen molar-refractivity contribution in [2.24, 2.45) is 10.9 Å².